The zero-order chi connectivity index (χ0) is 13.4. The molecule has 4 nitrogen and oxygen atoms in total. The van der Waals surface area contributed by atoms with E-state index in [0.29, 0.717) is 5.56 Å². The van der Waals surface area contributed by atoms with Crippen LogP contribution in [0, 0.1) is 0 Å². The molecule has 0 saturated heterocycles. The highest BCUT2D eigenvalue weighted by Gasteiger charge is 2.16. The Morgan fingerprint density at radius 3 is 3.05 bits per heavy atom. The van der Waals surface area contributed by atoms with Gasteiger partial charge in [-0.25, -0.2) is 0 Å². The number of pyridine rings is 1. The molecule has 0 saturated carbocycles. The fraction of sp³-hybridized carbons (Fsp3) is 0.333. The molecule has 0 bridgehead atoms. The molecule has 0 aliphatic carbocycles. The third-order valence-corrected chi connectivity index (χ3v) is 3.53. The van der Waals surface area contributed by atoms with Gasteiger partial charge in [-0.3, -0.25) is 9.59 Å². The van der Waals surface area contributed by atoms with Gasteiger partial charge in [0, 0.05) is 13.5 Å². The first kappa shape index (κ1) is 12.0. The topological polar surface area (TPSA) is 48.3 Å². The lowest BCUT2D eigenvalue weighted by Gasteiger charge is -2.20. The van der Waals surface area contributed by atoms with Crippen molar-refractivity contribution in [3.8, 4) is 0 Å². The standard InChI is InChI=1S/C15H15NO3/c1-10(17)19-9-13-8-12-5-2-4-11-6-3-7-16(14(11)12)15(13)18/h2,4-5,8H,3,6-7,9H2,1H3. The molecule has 0 N–H and O–H groups in total. The van der Waals surface area contributed by atoms with Gasteiger partial charge < -0.3 is 9.30 Å². The molecule has 0 fully saturated rings. The van der Waals surface area contributed by atoms with Crippen LogP contribution < -0.4 is 5.56 Å². The van der Waals surface area contributed by atoms with Crippen molar-refractivity contribution in [3.05, 3.63) is 45.7 Å². The van der Waals surface area contributed by atoms with Crippen LogP contribution in [0.25, 0.3) is 10.9 Å². The fourth-order valence-electron chi connectivity index (χ4n) is 2.71. The highest BCUT2D eigenvalue weighted by atomic mass is 16.5. The number of carbonyl (C=O) groups is 1. The summed E-state index contributed by atoms with van der Waals surface area (Å²) < 4.78 is 6.77. The molecular weight excluding hydrogens is 242 g/mol. The summed E-state index contributed by atoms with van der Waals surface area (Å²) in [6.45, 7) is 2.13. The van der Waals surface area contributed by atoms with Gasteiger partial charge in [0.1, 0.15) is 6.61 Å². The lowest BCUT2D eigenvalue weighted by Crippen LogP contribution is -2.27. The van der Waals surface area contributed by atoms with Gasteiger partial charge >= 0.3 is 5.97 Å². The van der Waals surface area contributed by atoms with Crippen LogP contribution in [-0.2, 0) is 29.1 Å². The summed E-state index contributed by atoms with van der Waals surface area (Å²) in [7, 11) is 0. The average Bonchev–Trinajstić information content (AvgIpc) is 2.41. The third-order valence-electron chi connectivity index (χ3n) is 3.53. The van der Waals surface area contributed by atoms with E-state index in [1.807, 2.05) is 22.8 Å². The number of aryl methyl sites for hydroxylation is 2. The molecule has 1 aromatic carbocycles. The highest BCUT2D eigenvalue weighted by Crippen LogP contribution is 2.24. The second-order valence-corrected chi connectivity index (χ2v) is 4.87. The number of rotatable bonds is 2. The van der Waals surface area contributed by atoms with Gasteiger partial charge in [0.15, 0.2) is 0 Å². The summed E-state index contributed by atoms with van der Waals surface area (Å²) in [6.07, 6.45) is 1.99. The molecule has 0 atom stereocenters. The number of para-hydroxylation sites is 1. The maximum atomic E-state index is 12.4. The molecule has 3 rings (SSSR count). The van der Waals surface area contributed by atoms with Crippen LogP contribution in [0.5, 0.6) is 0 Å². The van der Waals surface area contributed by atoms with Crippen molar-refractivity contribution in [2.24, 2.45) is 0 Å². The second-order valence-electron chi connectivity index (χ2n) is 4.87. The van der Waals surface area contributed by atoms with E-state index in [0.717, 1.165) is 30.3 Å². The first-order valence-electron chi connectivity index (χ1n) is 6.44. The molecule has 1 aliphatic heterocycles. The first-order chi connectivity index (χ1) is 9.16. The SMILES string of the molecule is CC(=O)OCc1cc2cccc3c2n(c1=O)CCC3. The molecule has 2 aromatic rings. The van der Waals surface area contributed by atoms with Crippen LogP contribution in [0.2, 0.25) is 0 Å². The van der Waals surface area contributed by atoms with E-state index in [2.05, 4.69) is 6.07 Å². The van der Waals surface area contributed by atoms with Crippen molar-refractivity contribution in [3.63, 3.8) is 0 Å². The molecule has 19 heavy (non-hydrogen) atoms. The second kappa shape index (κ2) is 4.53. The van der Waals surface area contributed by atoms with E-state index in [1.165, 1.54) is 12.5 Å². The van der Waals surface area contributed by atoms with Crippen molar-refractivity contribution >= 4 is 16.9 Å². The maximum absolute atomic E-state index is 12.4. The van der Waals surface area contributed by atoms with Crippen LogP contribution >= 0.6 is 0 Å². The summed E-state index contributed by atoms with van der Waals surface area (Å²) in [5, 5.41) is 1.04. The first-order valence-corrected chi connectivity index (χ1v) is 6.44. The molecule has 1 aliphatic rings. The fourth-order valence-corrected chi connectivity index (χ4v) is 2.71. The average molecular weight is 257 g/mol. The Hall–Kier alpha value is -2.10. The Morgan fingerprint density at radius 2 is 2.26 bits per heavy atom. The number of hydrogen-bond donors (Lipinski definition) is 0. The molecule has 0 unspecified atom stereocenters. The van der Waals surface area contributed by atoms with Crippen molar-refractivity contribution in [1.82, 2.24) is 4.57 Å². The summed E-state index contributed by atoms with van der Waals surface area (Å²) in [5.41, 5.74) is 2.76. The van der Waals surface area contributed by atoms with Gasteiger partial charge in [-0.1, -0.05) is 18.2 Å². The molecule has 0 radical (unpaired) electrons. The molecule has 0 amide bonds. The Labute approximate surface area is 110 Å². The van der Waals surface area contributed by atoms with Crippen LogP contribution in [0.4, 0.5) is 0 Å². The molecule has 1 aromatic heterocycles. The Bertz CT molecular complexity index is 715. The lowest BCUT2D eigenvalue weighted by atomic mass is 10.0. The van der Waals surface area contributed by atoms with Gasteiger partial charge in [-0.15, -0.1) is 0 Å². The number of esters is 1. The van der Waals surface area contributed by atoms with Gasteiger partial charge in [-0.05, 0) is 29.9 Å². The lowest BCUT2D eigenvalue weighted by molar-refractivity contribution is -0.142. The van der Waals surface area contributed by atoms with Crippen LogP contribution in [0.3, 0.4) is 0 Å². The van der Waals surface area contributed by atoms with E-state index in [4.69, 9.17) is 4.74 Å². The van der Waals surface area contributed by atoms with Gasteiger partial charge in [0.05, 0.1) is 11.1 Å². The largest absolute Gasteiger partial charge is 0.461 e. The molecule has 0 spiro atoms. The van der Waals surface area contributed by atoms with Gasteiger partial charge in [0.25, 0.3) is 5.56 Å². The molecule has 98 valence electrons. The van der Waals surface area contributed by atoms with Crippen LogP contribution in [0.15, 0.2) is 29.1 Å². The number of benzene rings is 1. The van der Waals surface area contributed by atoms with Crippen molar-refractivity contribution in [1.29, 1.82) is 0 Å². The van der Waals surface area contributed by atoms with Gasteiger partial charge in [0.2, 0.25) is 0 Å². The Balaban J connectivity index is 2.19. The van der Waals surface area contributed by atoms with Crippen molar-refractivity contribution < 1.29 is 9.53 Å². The quantitative estimate of drug-likeness (QED) is 0.773. The Morgan fingerprint density at radius 1 is 1.42 bits per heavy atom. The van der Waals surface area contributed by atoms with E-state index in [-0.39, 0.29) is 18.1 Å². The Kier molecular flexibility index (Phi) is 2.85. The number of aromatic nitrogens is 1. The van der Waals surface area contributed by atoms with Gasteiger partial charge in [-0.2, -0.15) is 0 Å². The van der Waals surface area contributed by atoms with E-state index < -0.39 is 0 Å². The van der Waals surface area contributed by atoms with Crippen molar-refractivity contribution in [2.75, 3.05) is 0 Å². The number of nitrogens with zero attached hydrogens (tertiary/aromatic N) is 1. The molecule has 2 heterocycles. The summed E-state index contributed by atoms with van der Waals surface area (Å²) in [4.78, 5) is 23.3. The number of hydrogen-bond acceptors (Lipinski definition) is 3. The van der Waals surface area contributed by atoms with Crippen LogP contribution in [0.1, 0.15) is 24.5 Å². The van der Waals surface area contributed by atoms with E-state index >= 15 is 0 Å². The zero-order valence-electron chi connectivity index (χ0n) is 10.8. The number of carbonyl (C=O) groups excluding carboxylic acids is 1. The normalized spacial score (nSPS) is 13.5. The van der Waals surface area contributed by atoms with Crippen LogP contribution in [-0.4, -0.2) is 10.5 Å². The minimum absolute atomic E-state index is 0.0408. The van der Waals surface area contributed by atoms with E-state index in [1.54, 1.807) is 0 Å². The van der Waals surface area contributed by atoms with E-state index in [9.17, 15) is 9.59 Å². The highest BCUT2D eigenvalue weighted by molar-refractivity contribution is 5.83. The summed E-state index contributed by atoms with van der Waals surface area (Å²) in [5.74, 6) is -0.369. The minimum Gasteiger partial charge on any atom is -0.461 e. The summed E-state index contributed by atoms with van der Waals surface area (Å²) >= 11 is 0. The smallest absolute Gasteiger partial charge is 0.302 e. The van der Waals surface area contributed by atoms with Crippen molar-refractivity contribution in [2.45, 2.75) is 32.9 Å². The summed E-state index contributed by atoms with van der Waals surface area (Å²) in [6, 6.07) is 7.92. The predicted molar refractivity (Wildman–Crippen MR) is 72.0 cm³/mol. The maximum Gasteiger partial charge on any atom is 0.302 e. The predicted octanol–water partition coefficient (Wildman–Crippen LogP) is 2.01. The molecule has 4 heteroatoms. The minimum atomic E-state index is -0.369. The third kappa shape index (κ3) is 2.03. The number of ether oxygens (including phenoxy) is 1. The molecular formula is C15H15NO3. The monoisotopic (exact) mass is 257 g/mol. The zero-order valence-corrected chi connectivity index (χ0v) is 10.8.